The Balaban J connectivity index is 0.000000400. The maximum atomic E-state index is 10.6. The number of hydrogen-bond donors (Lipinski definition) is 0. The highest BCUT2D eigenvalue weighted by molar-refractivity contribution is 8.16. The normalized spacial score (nSPS) is 18.0. The van der Waals surface area contributed by atoms with Gasteiger partial charge in [0.25, 0.3) is 0 Å². The molecule has 1 aliphatic rings. The van der Waals surface area contributed by atoms with Gasteiger partial charge in [-0.3, -0.25) is 4.79 Å². The van der Waals surface area contributed by atoms with E-state index in [1.807, 2.05) is 6.92 Å². The summed E-state index contributed by atoms with van der Waals surface area (Å²) >= 11 is 1.55. The third-order valence-corrected chi connectivity index (χ3v) is 7.59. The van der Waals surface area contributed by atoms with E-state index >= 15 is 0 Å². The van der Waals surface area contributed by atoms with Crippen LogP contribution in [0.25, 0.3) is 0 Å². The molecule has 1 saturated heterocycles. The molecule has 0 amide bonds. The number of unbranched alkanes of at least 4 members (excludes halogenated alkanes) is 4. The van der Waals surface area contributed by atoms with Crippen molar-refractivity contribution in [3.05, 3.63) is 0 Å². The zero-order valence-corrected chi connectivity index (χ0v) is 16.1. The molecular weight excluding hydrogens is 304 g/mol. The molecule has 0 aromatic carbocycles. The van der Waals surface area contributed by atoms with Crippen LogP contribution < -0.4 is 0 Å². The van der Waals surface area contributed by atoms with Crippen LogP contribution >= 0.6 is 11.8 Å². The van der Waals surface area contributed by atoms with E-state index in [0.717, 1.165) is 12.5 Å². The molecule has 0 spiro atoms. The van der Waals surface area contributed by atoms with Crippen LogP contribution in [0.15, 0.2) is 0 Å². The Kier molecular flexibility index (Phi) is 12.7. The second-order valence-corrected chi connectivity index (χ2v) is 9.82. The van der Waals surface area contributed by atoms with Gasteiger partial charge in [0.1, 0.15) is 0 Å². The lowest BCUT2D eigenvalue weighted by atomic mass is 10.1. The summed E-state index contributed by atoms with van der Waals surface area (Å²) in [6.45, 7) is 4.23. The second-order valence-electron chi connectivity index (χ2n) is 5.17. The lowest BCUT2D eigenvalue weighted by Gasteiger charge is -2.22. The van der Waals surface area contributed by atoms with Gasteiger partial charge in [-0.2, -0.15) is 0 Å². The van der Waals surface area contributed by atoms with Crippen molar-refractivity contribution in [2.45, 2.75) is 70.1 Å². The Bertz CT molecular complexity index is 247. The van der Waals surface area contributed by atoms with E-state index in [1.165, 1.54) is 38.5 Å². The highest BCUT2D eigenvalue weighted by atomic mass is 32.2. The van der Waals surface area contributed by atoms with Crippen LogP contribution in [0, 0.1) is 0 Å². The van der Waals surface area contributed by atoms with Gasteiger partial charge in [0.15, 0.2) is 5.12 Å². The van der Waals surface area contributed by atoms with E-state index in [4.69, 9.17) is 13.3 Å². The monoisotopic (exact) mass is 336 g/mol. The Morgan fingerprint density at radius 2 is 1.57 bits per heavy atom. The lowest BCUT2D eigenvalue weighted by molar-refractivity contribution is -0.112. The maximum Gasteiger partial charge on any atom is 0.499 e. The summed E-state index contributed by atoms with van der Waals surface area (Å²) in [4.78, 5) is 10.6. The smallest absolute Gasteiger partial charge is 0.377 e. The quantitative estimate of drug-likeness (QED) is 0.440. The number of carbonyl (C=O) groups is 1. The summed E-state index contributed by atoms with van der Waals surface area (Å²) in [5, 5.41) is 1.08. The third kappa shape index (κ3) is 8.98. The van der Waals surface area contributed by atoms with Crippen LogP contribution in [0.1, 0.15) is 58.8 Å². The molecule has 126 valence electrons. The van der Waals surface area contributed by atoms with E-state index in [9.17, 15) is 4.79 Å². The number of rotatable bonds is 10. The predicted octanol–water partition coefficient (Wildman–Crippen LogP) is 4.26. The average Bonchev–Trinajstić information content (AvgIpc) is 2.49. The predicted molar refractivity (Wildman–Crippen MR) is 91.6 cm³/mol. The van der Waals surface area contributed by atoms with Crippen molar-refractivity contribution < 1.29 is 18.1 Å². The Morgan fingerprint density at radius 1 is 1.05 bits per heavy atom. The van der Waals surface area contributed by atoms with Crippen molar-refractivity contribution in [1.82, 2.24) is 0 Å². The second kappa shape index (κ2) is 12.6. The van der Waals surface area contributed by atoms with Crippen LogP contribution in [0.5, 0.6) is 0 Å². The molecule has 0 aromatic rings. The van der Waals surface area contributed by atoms with Crippen LogP contribution in [-0.2, 0) is 18.1 Å². The van der Waals surface area contributed by atoms with E-state index < -0.39 is 8.80 Å². The Hall–Kier alpha value is 0.117. The van der Waals surface area contributed by atoms with Gasteiger partial charge in [-0.25, -0.2) is 0 Å². The van der Waals surface area contributed by atoms with Crippen molar-refractivity contribution in [3.8, 4) is 0 Å². The van der Waals surface area contributed by atoms with E-state index in [1.54, 1.807) is 33.1 Å². The number of hydrogen-bond acceptors (Lipinski definition) is 5. The molecule has 1 heterocycles. The summed E-state index contributed by atoms with van der Waals surface area (Å²) in [6.07, 6.45) is 8.86. The molecule has 0 bridgehead atoms. The molecule has 0 saturated carbocycles. The third-order valence-electron chi connectivity index (χ3n) is 3.69. The van der Waals surface area contributed by atoms with E-state index in [0.29, 0.717) is 10.4 Å². The summed E-state index contributed by atoms with van der Waals surface area (Å²) in [6, 6.07) is 0.816. The molecule has 1 aliphatic heterocycles. The Morgan fingerprint density at radius 3 is 1.90 bits per heavy atom. The molecule has 0 N–H and O–H groups in total. The molecule has 6 heteroatoms. The van der Waals surface area contributed by atoms with Crippen molar-refractivity contribution in [2.75, 3.05) is 21.3 Å². The van der Waals surface area contributed by atoms with Gasteiger partial charge in [0.05, 0.1) is 0 Å². The fourth-order valence-electron chi connectivity index (χ4n) is 2.18. The first-order chi connectivity index (χ1) is 10.1. The fourth-order valence-corrected chi connectivity index (χ4v) is 4.44. The van der Waals surface area contributed by atoms with Crippen LogP contribution in [0.3, 0.4) is 0 Å². The minimum Gasteiger partial charge on any atom is -0.377 e. The highest BCUT2D eigenvalue weighted by Gasteiger charge is 2.34. The molecule has 0 aliphatic carbocycles. The number of carbonyl (C=O) groups excluding carboxylic acids is 1. The first-order valence-corrected chi connectivity index (χ1v) is 10.7. The molecule has 1 fully saturated rings. The van der Waals surface area contributed by atoms with Gasteiger partial charge in [-0.1, -0.05) is 57.7 Å². The van der Waals surface area contributed by atoms with Crippen LogP contribution in [0.2, 0.25) is 6.04 Å². The molecule has 0 radical (unpaired) electrons. The molecular formula is C15H32O4SSi. The van der Waals surface area contributed by atoms with Crippen molar-refractivity contribution in [1.29, 1.82) is 0 Å². The standard InChI is InChI=1S/C10H18OS.C5H14O3Si/c1-2-3-4-5-6-7-9-8-10(11)12-9;1-5-9(6-2,7-3)8-4/h9H,2-8H2,1H3;5H2,1-4H3. The van der Waals surface area contributed by atoms with Crippen LogP contribution in [0.4, 0.5) is 0 Å². The largest absolute Gasteiger partial charge is 0.499 e. The van der Waals surface area contributed by atoms with Gasteiger partial charge in [-0.15, -0.1) is 0 Å². The van der Waals surface area contributed by atoms with Crippen LogP contribution in [-0.4, -0.2) is 40.5 Å². The maximum absolute atomic E-state index is 10.6. The van der Waals surface area contributed by atoms with Gasteiger partial charge in [0, 0.05) is 39.0 Å². The summed E-state index contributed by atoms with van der Waals surface area (Å²) in [5.41, 5.74) is 0. The summed E-state index contributed by atoms with van der Waals surface area (Å²) < 4.78 is 15.2. The highest BCUT2D eigenvalue weighted by Crippen LogP contribution is 2.33. The zero-order valence-electron chi connectivity index (χ0n) is 14.3. The van der Waals surface area contributed by atoms with Crippen molar-refractivity contribution >= 4 is 25.7 Å². The first-order valence-electron chi connectivity index (χ1n) is 7.92. The molecule has 0 aromatic heterocycles. The SMILES string of the molecule is CCCCCCCC1CC(=O)S1.CC[Si](OC)(OC)OC. The summed E-state index contributed by atoms with van der Waals surface area (Å²) in [5.74, 6) is 0. The topological polar surface area (TPSA) is 44.8 Å². The Labute approximate surface area is 135 Å². The van der Waals surface area contributed by atoms with Gasteiger partial charge in [0.2, 0.25) is 0 Å². The lowest BCUT2D eigenvalue weighted by Crippen LogP contribution is -2.41. The molecule has 1 unspecified atom stereocenters. The average molecular weight is 337 g/mol. The molecule has 1 rings (SSSR count). The van der Waals surface area contributed by atoms with E-state index in [2.05, 4.69) is 6.92 Å². The fraction of sp³-hybridized carbons (Fsp3) is 0.933. The minimum absolute atomic E-state index is 0.397. The van der Waals surface area contributed by atoms with Gasteiger partial charge >= 0.3 is 8.80 Å². The number of thioether (sulfide) groups is 1. The minimum atomic E-state index is -2.19. The zero-order chi connectivity index (χ0) is 16.1. The van der Waals surface area contributed by atoms with Gasteiger partial charge < -0.3 is 13.3 Å². The molecule has 1 atom stereocenters. The first kappa shape index (κ1) is 21.1. The summed E-state index contributed by atoms with van der Waals surface area (Å²) in [7, 11) is 2.65. The van der Waals surface area contributed by atoms with E-state index in [-0.39, 0.29) is 0 Å². The van der Waals surface area contributed by atoms with Crippen molar-refractivity contribution in [2.24, 2.45) is 0 Å². The molecule has 4 nitrogen and oxygen atoms in total. The van der Waals surface area contributed by atoms with Crippen molar-refractivity contribution in [3.63, 3.8) is 0 Å². The van der Waals surface area contributed by atoms with Gasteiger partial charge in [-0.05, 0) is 6.42 Å². The molecule has 21 heavy (non-hydrogen) atoms.